The predicted octanol–water partition coefficient (Wildman–Crippen LogP) is 1.96. The second-order valence-corrected chi connectivity index (χ2v) is 6.56. The standard InChI is InChI=1S/C18H19N7O/c19-8-11-5-6-25-16(7-11)14(9-22-25)17-21-10-15(20)18(24-17)23-12-1-3-13(26)4-2-12/h5-7,9-10,12-13,26H,1-4,20H2,(H,21,23,24). The molecule has 0 aliphatic heterocycles. The molecule has 0 radical (unpaired) electrons. The van der Waals surface area contributed by atoms with Gasteiger partial charge in [-0.3, -0.25) is 0 Å². The summed E-state index contributed by atoms with van der Waals surface area (Å²) in [6.45, 7) is 0. The number of hydrogen-bond donors (Lipinski definition) is 3. The number of anilines is 2. The second kappa shape index (κ2) is 6.61. The summed E-state index contributed by atoms with van der Waals surface area (Å²) in [6, 6.07) is 5.83. The van der Waals surface area contributed by atoms with Gasteiger partial charge in [-0.25, -0.2) is 14.5 Å². The van der Waals surface area contributed by atoms with Gasteiger partial charge in [0.2, 0.25) is 0 Å². The molecule has 3 heterocycles. The van der Waals surface area contributed by atoms with Gasteiger partial charge in [-0.15, -0.1) is 0 Å². The Labute approximate surface area is 150 Å². The summed E-state index contributed by atoms with van der Waals surface area (Å²) in [4.78, 5) is 8.93. The van der Waals surface area contributed by atoms with E-state index in [-0.39, 0.29) is 12.1 Å². The molecule has 1 fully saturated rings. The van der Waals surface area contributed by atoms with Gasteiger partial charge in [-0.1, -0.05) is 0 Å². The van der Waals surface area contributed by atoms with Crippen LogP contribution in [0.3, 0.4) is 0 Å². The molecule has 0 spiro atoms. The van der Waals surface area contributed by atoms with Crippen molar-refractivity contribution < 1.29 is 5.11 Å². The van der Waals surface area contributed by atoms with Crippen LogP contribution in [0.1, 0.15) is 31.2 Å². The van der Waals surface area contributed by atoms with Crippen molar-refractivity contribution in [1.29, 1.82) is 5.26 Å². The van der Waals surface area contributed by atoms with Crippen molar-refractivity contribution in [3.8, 4) is 17.5 Å². The smallest absolute Gasteiger partial charge is 0.165 e. The van der Waals surface area contributed by atoms with E-state index in [9.17, 15) is 5.11 Å². The molecule has 26 heavy (non-hydrogen) atoms. The summed E-state index contributed by atoms with van der Waals surface area (Å²) >= 11 is 0. The highest BCUT2D eigenvalue weighted by Crippen LogP contribution is 2.27. The fraction of sp³-hybridized carbons (Fsp3) is 0.333. The number of aromatic nitrogens is 4. The van der Waals surface area contributed by atoms with Crippen molar-refractivity contribution in [2.45, 2.75) is 37.8 Å². The average molecular weight is 349 g/mol. The van der Waals surface area contributed by atoms with E-state index in [1.165, 1.54) is 0 Å². The molecule has 132 valence electrons. The zero-order valence-electron chi connectivity index (χ0n) is 14.1. The summed E-state index contributed by atoms with van der Waals surface area (Å²) in [5.41, 5.74) is 8.58. The molecule has 4 N–H and O–H groups in total. The van der Waals surface area contributed by atoms with Crippen LogP contribution < -0.4 is 11.1 Å². The fourth-order valence-corrected chi connectivity index (χ4v) is 3.27. The molecular weight excluding hydrogens is 330 g/mol. The molecule has 4 rings (SSSR count). The topological polar surface area (TPSA) is 125 Å². The van der Waals surface area contributed by atoms with E-state index in [1.807, 2.05) is 0 Å². The number of hydrogen-bond acceptors (Lipinski definition) is 7. The van der Waals surface area contributed by atoms with Crippen molar-refractivity contribution in [2.24, 2.45) is 0 Å². The minimum Gasteiger partial charge on any atom is -0.394 e. The lowest BCUT2D eigenvalue weighted by Crippen LogP contribution is -2.29. The number of rotatable bonds is 3. The van der Waals surface area contributed by atoms with Crippen LogP contribution in [0.15, 0.2) is 30.7 Å². The fourth-order valence-electron chi connectivity index (χ4n) is 3.27. The summed E-state index contributed by atoms with van der Waals surface area (Å²) in [5.74, 6) is 1.09. The van der Waals surface area contributed by atoms with Crippen molar-refractivity contribution in [2.75, 3.05) is 11.1 Å². The SMILES string of the molecule is N#Cc1ccn2ncc(-c3ncc(N)c(NC4CCC(O)CC4)n3)c2c1. The second-order valence-electron chi connectivity index (χ2n) is 6.56. The molecule has 8 heteroatoms. The zero-order chi connectivity index (χ0) is 18.1. The molecule has 0 aromatic carbocycles. The van der Waals surface area contributed by atoms with E-state index in [0.29, 0.717) is 22.9 Å². The van der Waals surface area contributed by atoms with Gasteiger partial charge >= 0.3 is 0 Å². The summed E-state index contributed by atoms with van der Waals surface area (Å²) < 4.78 is 1.69. The van der Waals surface area contributed by atoms with Crippen LogP contribution >= 0.6 is 0 Å². The molecule has 0 saturated heterocycles. The van der Waals surface area contributed by atoms with Crippen molar-refractivity contribution >= 4 is 17.0 Å². The van der Waals surface area contributed by atoms with E-state index in [1.54, 1.807) is 35.2 Å². The number of fused-ring (bicyclic) bond motifs is 1. The third kappa shape index (κ3) is 3.05. The van der Waals surface area contributed by atoms with Crippen LogP contribution in [0, 0.1) is 11.3 Å². The van der Waals surface area contributed by atoms with Gasteiger partial charge in [0.1, 0.15) is 0 Å². The molecule has 0 bridgehead atoms. The van der Waals surface area contributed by atoms with Gasteiger partial charge in [0.15, 0.2) is 11.6 Å². The molecule has 1 aliphatic rings. The number of nitriles is 1. The van der Waals surface area contributed by atoms with Crippen LogP contribution in [-0.2, 0) is 0 Å². The van der Waals surface area contributed by atoms with Crippen molar-refractivity contribution in [1.82, 2.24) is 19.6 Å². The van der Waals surface area contributed by atoms with Gasteiger partial charge in [0, 0.05) is 12.2 Å². The van der Waals surface area contributed by atoms with Gasteiger partial charge in [-0.05, 0) is 37.8 Å². The van der Waals surface area contributed by atoms with E-state index < -0.39 is 0 Å². The summed E-state index contributed by atoms with van der Waals surface area (Å²) in [6.07, 6.45) is 8.11. The van der Waals surface area contributed by atoms with Gasteiger partial charge in [0.25, 0.3) is 0 Å². The number of nitrogens with two attached hydrogens (primary N) is 1. The Bertz CT molecular complexity index is 983. The van der Waals surface area contributed by atoms with Gasteiger partial charge < -0.3 is 16.2 Å². The molecule has 0 unspecified atom stereocenters. The summed E-state index contributed by atoms with van der Waals surface area (Å²) in [7, 11) is 0. The van der Waals surface area contributed by atoms with Crippen LogP contribution in [0.25, 0.3) is 16.9 Å². The Morgan fingerprint density at radius 3 is 2.85 bits per heavy atom. The van der Waals surface area contributed by atoms with Crippen LogP contribution in [0.5, 0.6) is 0 Å². The highest BCUT2D eigenvalue weighted by molar-refractivity contribution is 5.78. The largest absolute Gasteiger partial charge is 0.394 e. The third-order valence-corrected chi connectivity index (χ3v) is 4.75. The molecule has 0 amide bonds. The van der Waals surface area contributed by atoms with Crippen LogP contribution in [0.2, 0.25) is 0 Å². The van der Waals surface area contributed by atoms with Crippen LogP contribution in [-0.4, -0.2) is 36.8 Å². The van der Waals surface area contributed by atoms with Crippen molar-refractivity contribution in [3.05, 3.63) is 36.3 Å². The lowest BCUT2D eigenvalue weighted by molar-refractivity contribution is 0.126. The maximum absolute atomic E-state index is 9.65. The normalized spacial score (nSPS) is 20.0. The third-order valence-electron chi connectivity index (χ3n) is 4.75. The van der Waals surface area contributed by atoms with E-state index >= 15 is 0 Å². The average Bonchev–Trinajstić information content (AvgIpc) is 3.08. The van der Waals surface area contributed by atoms with Gasteiger partial charge in [-0.2, -0.15) is 10.4 Å². The Kier molecular flexibility index (Phi) is 4.14. The number of nitrogens with zero attached hydrogens (tertiary/aromatic N) is 5. The quantitative estimate of drug-likeness (QED) is 0.660. The highest BCUT2D eigenvalue weighted by atomic mass is 16.3. The first kappa shape index (κ1) is 16.3. The molecule has 3 aromatic heterocycles. The zero-order valence-corrected chi connectivity index (χ0v) is 14.1. The Morgan fingerprint density at radius 1 is 1.27 bits per heavy atom. The highest BCUT2D eigenvalue weighted by Gasteiger charge is 2.21. The summed E-state index contributed by atoms with van der Waals surface area (Å²) in [5, 5.41) is 26.4. The number of aliphatic hydroxyl groups excluding tert-OH is 1. The molecule has 8 nitrogen and oxygen atoms in total. The molecule has 0 atom stereocenters. The molecular formula is C18H19N7O. The van der Waals surface area contributed by atoms with Gasteiger partial charge in [0.05, 0.1) is 46.9 Å². The van der Waals surface area contributed by atoms with E-state index in [2.05, 4.69) is 26.5 Å². The molecule has 1 aliphatic carbocycles. The first-order valence-electron chi connectivity index (χ1n) is 8.59. The minimum atomic E-state index is -0.209. The van der Waals surface area contributed by atoms with E-state index in [4.69, 9.17) is 11.0 Å². The first-order chi connectivity index (χ1) is 12.6. The predicted molar refractivity (Wildman–Crippen MR) is 97.2 cm³/mol. The van der Waals surface area contributed by atoms with Crippen LogP contribution in [0.4, 0.5) is 11.5 Å². The lowest BCUT2D eigenvalue weighted by Gasteiger charge is -2.27. The number of nitrogens with one attached hydrogen (secondary N) is 1. The number of nitrogen functional groups attached to an aromatic ring is 1. The monoisotopic (exact) mass is 349 g/mol. The maximum atomic E-state index is 9.65. The Balaban J connectivity index is 1.67. The Hall–Kier alpha value is -3.18. The van der Waals surface area contributed by atoms with E-state index in [0.717, 1.165) is 36.8 Å². The maximum Gasteiger partial charge on any atom is 0.165 e. The number of pyridine rings is 1. The lowest BCUT2D eigenvalue weighted by atomic mass is 9.93. The Morgan fingerprint density at radius 2 is 2.08 bits per heavy atom. The number of aliphatic hydroxyl groups is 1. The first-order valence-corrected chi connectivity index (χ1v) is 8.59. The molecule has 1 saturated carbocycles. The van der Waals surface area contributed by atoms with Crippen molar-refractivity contribution in [3.63, 3.8) is 0 Å². The minimum absolute atomic E-state index is 0.209. The molecule has 3 aromatic rings.